The second kappa shape index (κ2) is 6.56. The number of carbonyl (C=O) groups excluding carboxylic acids is 1. The molecule has 1 unspecified atom stereocenters. The summed E-state index contributed by atoms with van der Waals surface area (Å²) in [6.07, 6.45) is 0. The van der Waals surface area contributed by atoms with Crippen molar-refractivity contribution in [3.63, 3.8) is 0 Å². The van der Waals surface area contributed by atoms with Gasteiger partial charge in [0.1, 0.15) is 22.9 Å². The molecule has 0 aliphatic heterocycles. The fourth-order valence-corrected chi connectivity index (χ4v) is 2.30. The lowest BCUT2D eigenvalue weighted by atomic mass is 9.96. The van der Waals surface area contributed by atoms with Gasteiger partial charge in [0.15, 0.2) is 11.6 Å². The number of amides is 2. The molecule has 0 fully saturated rings. The van der Waals surface area contributed by atoms with E-state index in [1.807, 2.05) is 0 Å². The maximum atomic E-state index is 13.5. The predicted molar refractivity (Wildman–Crippen MR) is 81.1 cm³/mol. The topological polar surface area (TPSA) is 74.5 Å². The molecule has 2 aromatic rings. The van der Waals surface area contributed by atoms with Crippen molar-refractivity contribution >= 4 is 11.7 Å². The zero-order valence-electron chi connectivity index (χ0n) is 13.3. The number of carbonyl (C=O) groups is 1. The molecule has 1 aromatic carbocycles. The Hall–Kier alpha value is -2.48. The summed E-state index contributed by atoms with van der Waals surface area (Å²) < 4.78 is 44.7. The third-order valence-corrected chi connectivity index (χ3v) is 3.47. The van der Waals surface area contributed by atoms with Crippen LogP contribution in [0.1, 0.15) is 24.0 Å². The molecule has 3 N–H and O–H groups in total. The molecule has 130 valence electrons. The summed E-state index contributed by atoms with van der Waals surface area (Å²) >= 11 is 0. The average Bonchev–Trinajstić information content (AvgIpc) is 2.82. The number of furan rings is 1. The Labute approximate surface area is 136 Å². The Balaban J connectivity index is 2.03. The summed E-state index contributed by atoms with van der Waals surface area (Å²) in [4.78, 5) is 11.8. The minimum atomic E-state index is -1.42. The summed E-state index contributed by atoms with van der Waals surface area (Å²) in [5.74, 6) is -2.64. The Kier molecular flexibility index (Phi) is 4.88. The Morgan fingerprint density at radius 3 is 2.38 bits per heavy atom. The van der Waals surface area contributed by atoms with Crippen LogP contribution in [0, 0.1) is 31.3 Å². The third-order valence-electron chi connectivity index (χ3n) is 3.47. The monoisotopic (exact) mass is 342 g/mol. The highest BCUT2D eigenvalue weighted by Crippen LogP contribution is 2.26. The maximum Gasteiger partial charge on any atom is 0.319 e. The van der Waals surface area contributed by atoms with Crippen LogP contribution in [0.2, 0.25) is 0 Å². The number of hydrogen-bond donors (Lipinski definition) is 3. The number of halogens is 3. The van der Waals surface area contributed by atoms with Crippen LogP contribution >= 0.6 is 0 Å². The van der Waals surface area contributed by atoms with E-state index in [0.717, 1.165) is 0 Å². The number of benzene rings is 1. The normalized spacial score (nSPS) is 13.5. The van der Waals surface area contributed by atoms with E-state index < -0.39 is 34.8 Å². The van der Waals surface area contributed by atoms with Crippen LogP contribution in [0.15, 0.2) is 22.6 Å². The lowest BCUT2D eigenvalue weighted by Crippen LogP contribution is -2.40. The van der Waals surface area contributed by atoms with Crippen molar-refractivity contribution in [2.45, 2.75) is 26.4 Å². The summed E-state index contributed by atoms with van der Waals surface area (Å²) in [5.41, 5.74) is -1.44. The van der Waals surface area contributed by atoms with Crippen molar-refractivity contribution in [1.82, 2.24) is 5.32 Å². The van der Waals surface area contributed by atoms with Gasteiger partial charge in [0.05, 0.1) is 12.2 Å². The molecule has 0 saturated carbocycles. The van der Waals surface area contributed by atoms with E-state index in [1.165, 1.54) is 6.92 Å². The molecular formula is C16H17F3N2O3. The second-order valence-corrected chi connectivity index (χ2v) is 5.65. The standard InChI is InChI=1S/C16H17F3N2O3/c1-8-4-10(9(2)24-8)16(3,23)7-20-15(22)21-14-6-12(18)11(17)5-13(14)19/h4-6,23H,7H2,1-3H3,(H2,20,21,22). The molecule has 1 heterocycles. The number of rotatable bonds is 4. The molecule has 0 radical (unpaired) electrons. The lowest BCUT2D eigenvalue weighted by Gasteiger charge is -2.23. The number of aryl methyl sites for hydroxylation is 2. The second-order valence-electron chi connectivity index (χ2n) is 5.65. The van der Waals surface area contributed by atoms with Crippen LogP contribution in [-0.4, -0.2) is 17.7 Å². The van der Waals surface area contributed by atoms with Gasteiger partial charge in [-0.2, -0.15) is 0 Å². The minimum Gasteiger partial charge on any atom is -0.466 e. The lowest BCUT2D eigenvalue weighted by molar-refractivity contribution is 0.0584. The van der Waals surface area contributed by atoms with E-state index in [0.29, 0.717) is 29.2 Å². The van der Waals surface area contributed by atoms with Crippen LogP contribution in [0.4, 0.5) is 23.7 Å². The Bertz CT molecular complexity index is 772. The van der Waals surface area contributed by atoms with Gasteiger partial charge in [0.2, 0.25) is 0 Å². The van der Waals surface area contributed by atoms with Crippen LogP contribution in [0.5, 0.6) is 0 Å². The Morgan fingerprint density at radius 2 is 1.79 bits per heavy atom. The van der Waals surface area contributed by atoms with Crippen molar-refractivity contribution in [2.24, 2.45) is 0 Å². The van der Waals surface area contributed by atoms with Crippen molar-refractivity contribution in [1.29, 1.82) is 0 Å². The minimum absolute atomic E-state index is 0.204. The quantitative estimate of drug-likeness (QED) is 0.746. The number of hydrogen-bond acceptors (Lipinski definition) is 3. The number of nitrogens with one attached hydrogen (secondary N) is 2. The Morgan fingerprint density at radius 1 is 1.17 bits per heavy atom. The fourth-order valence-electron chi connectivity index (χ4n) is 2.30. The molecule has 0 bridgehead atoms. The molecule has 2 rings (SSSR count). The molecule has 1 aromatic heterocycles. The number of anilines is 1. The van der Waals surface area contributed by atoms with Gasteiger partial charge in [-0.05, 0) is 26.8 Å². The molecule has 1 atom stereocenters. The van der Waals surface area contributed by atoms with E-state index >= 15 is 0 Å². The van der Waals surface area contributed by atoms with Gasteiger partial charge >= 0.3 is 6.03 Å². The van der Waals surface area contributed by atoms with Crippen molar-refractivity contribution in [2.75, 3.05) is 11.9 Å². The van der Waals surface area contributed by atoms with Gasteiger partial charge in [-0.15, -0.1) is 0 Å². The molecule has 0 saturated heterocycles. The van der Waals surface area contributed by atoms with Crippen molar-refractivity contribution in [3.8, 4) is 0 Å². The zero-order chi connectivity index (χ0) is 18.1. The first-order chi connectivity index (χ1) is 11.1. The summed E-state index contributed by atoms with van der Waals surface area (Å²) in [5, 5.41) is 14.8. The molecule has 0 aliphatic carbocycles. The van der Waals surface area contributed by atoms with Gasteiger partial charge < -0.3 is 20.2 Å². The van der Waals surface area contributed by atoms with Crippen LogP contribution in [0.25, 0.3) is 0 Å². The van der Waals surface area contributed by atoms with E-state index in [9.17, 15) is 23.1 Å². The first-order valence-corrected chi connectivity index (χ1v) is 7.09. The molecule has 0 aliphatic rings. The molecule has 8 heteroatoms. The summed E-state index contributed by atoms with van der Waals surface area (Å²) in [6.45, 7) is 4.67. The molecule has 0 spiro atoms. The fraction of sp³-hybridized carbons (Fsp3) is 0.312. The van der Waals surface area contributed by atoms with Gasteiger partial charge in [-0.25, -0.2) is 18.0 Å². The largest absolute Gasteiger partial charge is 0.466 e. The third kappa shape index (κ3) is 3.88. The SMILES string of the molecule is Cc1cc(C(C)(O)CNC(=O)Nc2cc(F)c(F)cc2F)c(C)o1. The van der Waals surface area contributed by atoms with Gasteiger partial charge in [0, 0.05) is 17.7 Å². The van der Waals surface area contributed by atoms with E-state index in [1.54, 1.807) is 19.9 Å². The maximum absolute atomic E-state index is 13.5. The molecule has 2 amide bonds. The van der Waals surface area contributed by atoms with E-state index in [2.05, 4.69) is 10.6 Å². The first kappa shape index (κ1) is 17.9. The van der Waals surface area contributed by atoms with Gasteiger partial charge in [-0.3, -0.25) is 0 Å². The van der Waals surface area contributed by atoms with Gasteiger partial charge in [-0.1, -0.05) is 0 Å². The van der Waals surface area contributed by atoms with Crippen LogP contribution < -0.4 is 10.6 Å². The molecular weight excluding hydrogens is 325 g/mol. The molecule has 5 nitrogen and oxygen atoms in total. The van der Waals surface area contributed by atoms with Crippen LogP contribution in [0.3, 0.4) is 0 Å². The van der Waals surface area contributed by atoms with Crippen LogP contribution in [-0.2, 0) is 5.60 Å². The average molecular weight is 342 g/mol. The predicted octanol–water partition coefficient (Wildman–Crippen LogP) is 3.34. The summed E-state index contributed by atoms with van der Waals surface area (Å²) in [6, 6.07) is 1.63. The van der Waals surface area contributed by atoms with E-state index in [4.69, 9.17) is 4.42 Å². The van der Waals surface area contributed by atoms with Gasteiger partial charge in [0.25, 0.3) is 0 Å². The number of aliphatic hydroxyl groups is 1. The summed E-state index contributed by atoms with van der Waals surface area (Å²) in [7, 11) is 0. The van der Waals surface area contributed by atoms with E-state index in [-0.39, 0.29) is 6.54 Å². The van der Waals surface area contributed by atoms with Crippen molar-refractivity contribution in [3.05, 3.63) is 52.7 Å². The van der Waals surface area contributed by atoms with Crippen molar-refractivity contribution < 1.29 is 27.5 Å². The zero-order valence-corrected chi connectivity index (χ0v) is 13.3. The first-order valence-electron chi connectivity index (χ1n) is 7.09. The smallest absolute Gasteiger partial charge is 0.319 e. The number of urea groups is 1. The highest BCUT2D eigenvalue weighted by atomic mass is 19.2. The highest BCUT2D eigenvalue weighted by Gasteiger charge is 2.28. The highest BCUT2D eigenvalue weighted by molar-refractivity contribution is 5.89. The molecule has 24 heavy (non-hydrogen) atoms.